The number of halogens is 3. The Bertz CT molecular complexity index is 841. The summed E-state index contributed by atoms with van der Waals surface area (Å²) in [5, 5.41) is 1.27. The van der Waals surface area contributed by atoms with Gasteiger partial charge in [-0.3, -0.25) is 9.59 Å². The molecule has 1 heterocycles. The number of carbonyl (C=O) groups is 2. The first-order valence-electron chi connectivity index (χ1n) is 7.72. The smallest absolute Gasteiger partial charge is 0.256 e. The SMILES string of the molecule is CC1C(=O)N(c2ccc(Cl)cc2Cl)CCN1C(=O)c1ccccc1Cl. The van der Waals surface area contributed by atoms with E-state index in [-0.39, 0.29) is 11.8 Å². The first-order valence-corrected chi connectivity index (χ1v) is 8.85. The quantitative estimate of drug-likeness (QED) is 0.747. The summed E-state index contributed by atoms with van der Waals surface area (Å²) in [6, 6.07) is 11.2. The molecule has 1 atom stereocenters. The average Bonchev–Trinajstić information content (AvgIpc) is 2.58. The van der Waals surface area contributed by atoms with Gasteiger partial charge in [0.15, 0.2) is 0 Å². The Morgan fingerprint density at radius 1 is 1.04 bits per heavy atom. The molecule has 3 rings (SSSR count). The molecule has 0 N–H and O–H groups in total. The summed E-state index contributed by atoms with van der Waals surface area (Å²) in [6.45, 7) is 2.43. The summed E-state index contributed by atoms with van der Waals surface area (Å²) in [5.41, 5.74) is 0.981. The van der Waals surface area contributed by atoms with Gasteiger partial charge < -0.3 is 9.80 Å². The van der Waals surface area contributed by atoms with Crippen molar-refractivity contribution in [1.29, 1.82) is 0 Å². The van der Waals surface area contributed by atoms with Crippen LogP contribution in [-0.4, -0.2) is 35.8 Å². The number of anilines is 1. The molecule has 7 heteroatoms. The normalized spacial score (nSPS) is 17.8. The number of rotatable bonds is 2. The van der Waals surface area contributed by atoms with Gasteiger partial charge in [-0.05, 0) is 37.3 Å². The third-order valence-corrected chi connectivity index (χ3v) is 5.09. The van der Waals surface area contributed by atoms with Crippen LogP contribution in [0, 0.1) is 0 Å². The molecule has 0 bridgehead atoms. The highest BCUT2D eigenvalue weighted by molar-refractivity contribution is 6.37. The molecule has 2 aromatic carbocycles. The topological polar surface area (TPSA) is 40.6 Å². The predicted octanol–water partition coefficient (Wildman–Crippen LogP) is 4.52. The maximum atomic E-state index is 12.8. The van der Waals surface area contributed by atoms with Crippen molar-refractivity contribution in [2.75, 3.05) is 18.0 Å². The van der Waals surface area contributed by atoms with E-state index >= 15 is 0 Å². The van der Waals surface area contributed by atoms with Crippen molar-refractivity contribution in [3.05, 3.63) is 63.1 Å². The van der Waals surface area contributed by atoms with Gasteiger partial charge in [0, 0.05) is 18.1 Å². The summed E-state index contributed by atoms with van der Waals surface area (Å²) in [7, 11) is 0. The minimum atomic E-state index is -0.621. The molecule has 130 valence electrons. The van der Waals surface area contributed by atoms with Crippen LogP contribution >= 0.6 is 34.8 Å². The molecular weight excluding hydrogens is 383 g/mol. The zero-order chi connectivity index (χ0) is 18.1. The van der Waals surface area contributed by atoms with Gasteiger partial charge >= 0.3 is 0 Å². The number of nitrogens with zero attached hydrogens (tertiary/aromatic N) is 2. The maximum Gasteiger partial charge on any atom is 0.256 e. The van der Waals surface area contributed by atoms with Crippen molar-refractivity contribution in [3.8, 4) is 0 Å². The molecule has 0 aliphatic carbocycles. The zero-order valence-electron chi connectivity index (χ0n) is 13.4. The Labute approximate surface area is 160 Å². The van der Waals surface area contributed by atoms with Crippen LogP contribution < -0.4 is 4.90 Å². The second-order valence-corrected chi connectivity index (χ2v) is 6.99. The van der Waals surface area contributed by atoms with Crippen LogP contribution in [0.5, 0.6) is 0 Å². The monoisotopic (exact) mass is 396 g/mol. The highest BCUT2D eigenvalue weighted by atomic mass is 35.5. The van der Waals surface area contributed by atoms with Gasteiger partial charge in [-0.15, -0.1) is 0 Å². The summed E-state index contributed by atoms with van der Waals surface area (Å²) in [4.78, 5) is 28.7. The first-order chi connectivity index (χ1) is 11.9. The molecule has 4 nitrogen and oxygen atoms in total. The van der Waals surface area contributed by atoms with E-state index < -0.39 is 6.04 Å². The van der Waals surface area contributed by atoms with Crippen LogP contribution in [0.3, 0.4) is 0 Å². The Morgan fingerprint density at radius 3 is 2.44 bits per heavy atom. The van der Waals surface area contributed by atoms with Crippen LogP contribution in [0.4, 0.5) is 5.69 Å². The van der Waals surface area contributed by atoms with Gasteiger partial charge in [-0.25, -0.2) is 0 Å². The van der Waals surface area contributed by atoms with Crippen molar-refractivity contribution >= 4 is 52.3 Å². The van der Waals surface area contributed by atoms with Crippen LogP contribution in [0.25, 0.3) is 0 Å². The number of benzene rings is 2. The van der Waals surface area contributed by atoms with Gasteiger partial charge in [0.1, 0.15) is 6.04 Å². The van der Waals surface area contributed by atoms with Crippen molar-refractivity contribution in [3.63, 3.8) is 0 Å². The van der Waals surface area contributed by atoms with Crippen molar-refractivity contribution in [2.24, 2.45) is 0 Å². The lowest BCUT2D eigenvalue weighted by atomic mass is 10.1. The second kappa shape index (κ2) is 7.24. The average molecular weight is 398 g/mol. The zero-order valence-corrected chi connectivity index (χ0v) is 15.6. The van der Waals surface area contributed by atoms with E-state index in [1.807, 2.05) is 0 Å². The molecular formula is C18H15Cl3N2O2. The highest BCUT2D eigenvalue weighted by Crippen LogP contribution is 2.31. The Morgan fingerprint density at radius 2 is 1.76 bits per heavy atom. The molecule has 1 fully saturated rings. The first kappa shape index (κ1) is 18.1. The summed E-state index contributed by atoms with van der Waals surface area (Å²) in [6.07, 6.45) is 0. The lowest BCUT2D eigenvalue weighted by Crippen LogP contribution is -2.57. The van der Waals surface area contributed by atoms with E-state index in [4.69, 9.17) is 34.8 Å². The van der Waals surface area contributed by atoms with Crippen LogP contribution in [0.2, 0.25) is 15.1 Å². The van der Waals surface area contributed by atoms with E-state index in [0.29, 0.717) is 39.4 Å². The summed E-state index contributed by atoms with van der Waals surface area (Å²) >= 11 is 18.2. The molecule has 1 unspecified atom stereocenters. The molecule has 0 aromatic heterocycles. The van der Waals surface area contributed by atoms with Crippen LogP contribution in [0.15, 0.2) is 42.5 Å². The lowest BCUT2D eigenvalue weighted by molar-refractivity contribution is -0.124. The number of piperazine rings is 1. The standard InChI is InChI=1S/C18H15Cl3N2O2/c1-11-17(24)23(16-7-6-12(19)10-15(16)21)9-8-22(11)18(25)13-4-2-3-5-14(13)20/h2-7,10-11H,8-9H2,1H3. The second-order valence-electron chi connectivity index (χ2n) is 5.74. The predicted molar refractivity (Wildman–Crippen MR) is 101 cm³/mol. The third kappa shape index (κ3) is 3.47. The molecule has 0 saturated carbocycles. The fraction of sp³-hybridized carbons (Fsp3) is 0.222. The minimum absolute atomic E-state index is 0.198. The molecule has 0 spiro atoms. The molecule has 2 amide bonds. The Balaban J connectivity index is 1.84. The van der Waals surface area contributed by atoms with E-state index in [1.165, 1.54) is 4.90 Å². The van der Waals surface area contributed by atoms with E-state index in [1.54, 1.807) is 54.3 Å². The van der Waals surface area contributed by atoms with Gasteiger partial charge in [-0.2, -0.15) is 0 Å². The summed E-state index contributed by atoms with van der Waals surface area (Å²) in [5.74, 6) is -0.454. The van der Waals surface area contributed by atoms with Gasteiger partial charge in [-0.1, -0.05) is 46.9 Å². The Hall–Kier alpha value is -1.75. The molecule has 0 radical (unpaired) electrons. The Kier molecular flexibility index (Phi) is 5.23. The number of hydrogen-bond donors (Lipinski definition) is 0. The van der Waals surface area contributed by atoms with Crippen molar-refractivity contribution in [2.45, 2.75) is 13.0 Å². The van der Waals surface area contributed by atoms with E-state index in [0.717, 1.165) is 0 Å². The van der Waals surface area contributed by atoms with Crippen LogP contribution in [-0.2, 0) is 4.79 Å². The largest absolute Gasteiger partial charge is 0.325 e. The molecule has 1 aliphatic heterocycles. The van der Waals surface area contributed by atoms with Crippen LogP contribution in [0.1, 0.15) is 17.3 Å². The number of carbonyl (C=O) groups excluding carboxylic acids is 2. The van der Waals surface area contributed by atoms with Gasteiger partial charge in [0.05, 0.1) is 21.3 Å². The van der Waals surface area contributed by atoms with E-state index in [2.05, 4.69) is 0 Å². The molecule has 25 heavy (non-hydrogen) atoms. The number of amides is 2. The van der Waals surface area contributed by atoms with Gasteiger partial charge in [0.25, 0.3) is 5.91 Å². The lowest BCUT2D eigenvalue weighted by Gasteiger charge is -2.39. The number of hydrogen-bond acceptors (Lipinski definition) is 2. The van der Waals surface area contributed by atoms with Gasteiger partial charge in [0.2, 0.25) is 5.91 Å². The van der Waals surface area contributed by atoms with Crippen molar-refractivity contribution in [1.82, 2.24) is 4.90 Å². The maximum absolute atomic E-state index is 12.8. The summed E-state index contributed by atoms with van der Waals surface area (Å²) < 4.78 is 0. The molecule has 1 aliphatic rings. The van der Waals surface area contributed by atoms with E-state index in [9.17, 15) is 9.59 Å². The highest BCUT2D eigenvalue weighted by Gasteiger charge is 2.36. The van der Waals surface area contributed by atoms with Crippen molar-refractivity contribution < 1.29 is 9.59 Å². The molecule has 2 aromatic rings. The molecule has 1 saturated heterocycles. The fourth-order valence-electron chi connectivity index (χ4n) is 2.88. The fourth-order valence-corrected chi connectivity index (χ4v) is 3.60. The third-order valence-electron chi connectivity index (χ3n) is 4.22. The minimum Gasteiger partial charge on any atom is -0.325 e.